The molecular formula is C36H26N6. The maximum absolute atomic E-state index is 8.64. The average Bonchev–Trinajstić information content (AvgIpc) is 3.03. The van der Waals surface area contributed by atoms with Crippen molar-refractivity contribution in [2.75, 3.05) is 0 Å². The van der Waals surface area contributed by atoms with Gasteiger partial charge in [-0.2, -0.15) is 0 Å². The summed E-state index contributed by atoms with van der Waals surface area (Å²) in [6.45, 7) is 4.12. The van der Waals surface area contributed by atoms with Gasteiger partial charge in [0, 0.05) is 38.8 Å². The molecule has 1 aliphatic carbocycles. The van der Waals surface area contributed by atoms with Crippen LogP contribution >= 0.6 is 0 Å². The maximum Gasteiger partial charge on any atom is 0.164 e. The van der Waals surface area contributed by atoms with Gasteiger partial charge in [-0.15, -0.1) is 0 Å². The Morgan fingerprint density at radius 3 is 1.52 bits per heavy atom. The number of nitrogens with zero attached hydrogens (tertiary/aromatic N) is 4. The Balaban J connectivity index is 1.35. The molecule has 0 radical (unpaired) electrons. The molecule has 0 saturated heterocycles. The van der Waals surface area contributed by atoms with Crippen LogP contribution in [0.4, 0.5) is 0 Å². The summed E-state index contributed by atoms with van der Waals surface area (Å²) in [7, 11) is 0. The van der Waals surface area contributed by atoms with E-state index in [0.29, 0.717) is 17.5 Å². The van der Waals surface area contributed by atoms with Gasteiger partial charge in [-0.3, -0.25) is 10.8 Å². The summed E-state index contributed by atoms with van der Waals surface area (Å²) in [6, 6.07) is 32.2. The summed E-state index contributed by atoms with van der Waals surface area (Å²) in [5.74, 6) is 1.83. The number of rotatable bonds is 4. The molecule has 6 nitrogen and oxygen atoms in total. The molecule has 0 fully saturated rings. The van der Waals surface area contributed by atoms with E-state index in [1.54, 1.807) is 6.08 Å². The van der Waals surface area contributed by atoms with E-state index in [1.807, 2.05) is 78.9 Å². The molecule has 2 aromatic heterocycles. The van der Waals surface area contributed by atoms with Crippen LogP contribution in [0.3, 0.4) is 0 Å². The smallest absolute Gasteiger partial charge is 0.164 e. The molecule has 6 aromatic rings. The van der Waals surface area contributed by atoms with Crippen molar-refractivity contribution in [1.82, 2.24) is 19.9 Å². The molecule has 1 aliphatic rings. The third-order valence-corrected chi connectivity index (χ3v) is 7.54. The van der Waals surface area contributed by atoms with Crippen LogP contribution in [0.2, 0.25) is 0 Å². The van der Waals surface area contributed by atoms with Crippen LogP contribution in [0.15, 0.2) is 103 Å². The van der Waals surface area contributed by atoms with Gasteiger partial charge in [-0.1, -0.05) is 102 Å². The number of hydrogen-bond donors (Lipinski definition) is 2. The zero-order chi connectivity index (χ0) is 28.8. The first-order chi connectivity index (χ1) is 20.4. The van der Waals surface area contributed by atoms with Gasteiger partial charge in [0.1, 0.15) is 0 Å². The minimum atomic E-state index is 0.198. The standard InChI is InChI=1S/C36H26N6/c1-21-7-11-24(12-8-21)34-40-35(25-13-9-22(2)10-14-25)42-36(41-34)26-17-15-23(16-18-26)33-28-19-20-29(37)32(38)31(28)27-5-3-4-6-30(27)39-33/h3-20,37-38H,1-2H3. The number of hydrogen-bond acceptors (Lipinski definition) is 6. The van der Waals surface area contributed by atoms with E-state index in [9.17, 15) is 0 Å². The molecule has 42 heavy (non-hydrogen) atoms. The van der Waals surface area contributed by atoms with Crippen LogP contribution in [0, 0.1) is 24.7 Å². The number of allylic oxidation sites excluding steroid dienone is 1. The van der Waals surface area contributed by atoms with Crippen LogP contribution < -0.4 is 0 Å². The number of para-hydroxylation sites is 1. The van der Waals surface area contributed by atoms with Gasteiger partial charge >= 0.3 is 0 Å². The minimum Gasteiger partial charge on any atom is -0.299 e. The second-order valence-corrected chi connectivity index (χ2v) is 10.5. The monoisotopic (exact) mass is 542 g/mol. The summed E-state index contributed by atoms with van der Waals surface area (Å²) in [5, 5.41) is 17.8. The molecule has 200 valence electrons. The molecule has 0 aliphatic heterocycles. The fourth-order valence-corrected chi connectivity index (χ4v) is 5.21. The van der Waals surface area contributed by atoms with Gasteiger partial charge in [0.25, 0.3) is 0 Å². The highest BCUT2D eigenvalue weighted by atomic mass is 15.0. The highest BCUT2D eigenvalue weighted by Crippen LogP contribution is 2.35. The molecule has 7 rings (SSSR count). The van der Waals surface area contributed by atoms with Crippen molar-refractivity contribution < 1.29 is 0 Å². The average molecular weight is 543 g/mol. The zero-order valence-electron chi connectivity index (χ0n) is 23.2. The molecular weight excluding hydrogens is 516 g/mol. The fraction of sp³-hybridized carbons (Fsp3) is 0.0556. The first kappa shape index (κ1) is 25.4. The van der Waals surface area contributed by atoms with E-state index in [2.05, 4.69) is 38.1 Å². The lowest BCUT2D eigenvalue weighted by Crippen LogP contribution is -2.17. The lowest BCUT2D eigenvalue weighted by molar-refractivity contribution is 1.07. The quantitative estimate of drug-likeness (QED) is 0.235. The van der Waals surface area contributed by atoms with E-state index >= 15 is 0 Å². The number of benzene rings is 4. The van der Waals surface area contributed by atoms with E-state index < -0.39 is 0 Å². The Bertz CT molecular complexity index is 1990. The third-order valence-electron chi connectivity index (χ3n) is 7.54. The highest BCUT2D eigenvalue weighted by Gasteiger charge is 2.23. The van der Waals surface area contributed by atoms with Crippen molar-refractivity contribution in [3.63, 3.8) is 0 Å². The second-order valence-electron chi connectivity index (χ2n) is 10.5. The van der Waals surface area contributed by atoms with Crippen LogP contribution in [0.25, 0.3) is 62.4 Å². The zero-order valence-corrected chi connectivity index (χ0v) is 23.2. The molecule has 0 unspecified atom stereocenters. The Morgan fingerprint density at radius 1 is 0.500 bits per heavy atom. The molecule has 6 heteroatoms. The molecule has 0 spiro atoms. The lowest BCUT2D eigenvalue weighted by Gasteiger charge is -2.19. The molecule has 0 atom stereocenters. The first-order valence-corrected chi connectivity index (χ1v) is 13.7. The number of pyridine rings is 1. The van der Waals surface area contributed by atoms with Gasteiger partial charge in [-0.05, 0) is 32.1 Å². The maximum atomic E-state index is 8.64. The predicted molar refractivity (Wildman–Crippen MR) is 170 cm³/mol. The summed E-state index contributed by atoms with van der Waals surface area (Å²) < 4.78 is 0. The van der Waals surface area contributed by atoms with Crippen molar-refractivity contribution in [1.29, 1.82) is 10.8 Å². The van der Waals surface area contributed by atoms with Crippen LogP contribution in [-0.2, 0) is 0 Å². The summed E-state index contributed by atoms with van der Waals surface area (Å²) >= 11 is 0. The van der Waals surface area contributed by atoms with Crippen LogP contribution in [-0.4, -0.2) is 31.4 Å². The van der Waals surface area contributed by atoms with Gasteiger partial charge in [-0.25, -0.2) is 19.9 Å². The number of aromatic nitrogens is 4. The minimum absolute atomic E-state index is 0.198. The fourth-order valence-electron chi connectivity index (χ4n) is 5.21. The van der Waals surface area contributed by atoms with Crippen molar-refractivity contribution in [2.45, 2.75) is 13.8 Å². The molecule has 0 bridgehead atoms. The Morgan fingerprint density at radius 2 is 0.976 bits per heavy atom. The van der Waals surface area contributed by atoms with Crippen molar-refractivity contribution in [3.8, 4) is 45.4 Å². The molecule has 2 N–H and O–H groups in total. The number of aryl methyl sites for hydroxylation is 2. The molecule has 2 heterocycles. The second kappa shape index (κ2) is 10.1. The summed E-state index contributed by atoms with van der Waals surface area (Å²) in [4.78, 5) is 19.6. The lowest BCUT2D eigenvalue weighted by atomic mass is 9.88. The van der Waals surface area contributed by atoms with Gasteiger partial charge in [0.15, 0.2) is 17.5 Å². The molecule has 4 aromatic carbocycles. The summed E-state index contributed by atoms with van der Waals surface area (Å²) in [5.41, 5.74) is 9.57. The highest BCUT2D eigenvalue weighted by molar-refractivity contribution is 6.54. The van der Waals surface area contributed by atoms with Crippen molar-refractivity contribution in [3.05, 3.63) is 125 Å². The third kappa shape index (κ3) is 4.49. The van der Waals surface area contributed by atoms with Crippen molar-refractivity contribution >= 4 is 28.4 Å². The van der Waals surface area contributed by atoms with E-state index in [0.717, 1.165) is 50.0 Å². The Kier molecular flexibility index (Phi) is 6.09. The Labute approximate surface area is 243 Å². The van der Waals surface area contributed by atoms with E-state index in [1.165, 1.54) is 11.1 Å². The normalized spacial score (nSPS) is 12.5. The predicted octanol–water partition coefficient (Wildman–Crippen LogP) is 8.12. The summed E-state index contributed by atoms with van der Waals surface area (Å²) in [6.07, 6.45) is 3.56. The van der Waals surface area contributed by atoms with Crippen LogP contribution in [0.1, 0.15) is 22.3 Å². The van der Waals surface area contributed by atoms with Gasteiger partial charge in [0.05, 0.1) is 22.6 Å². The largest absolute Gasteiger partial charge is 0.299 e. The first-order valence-electron chi connectivity index (χ1n) is 13.7. The van der Waals surface area contributed by atoms with Gasteiger partial charge in [0.2, 0.25) is 0 Å². The Hall–Kier alpha value is -5.62. The van der Waals surface area contributed by atoms with Crippen molar-refractivity contribution in [2.24, 2.45) is 0 Å². The molecule has 0 amide bonds. The number of fused-ring (bicyclic) bond motifs is 3. The van der Waals surface area contributed by atoms with Gasteiger partial charge < -0.3 is 0 Å². The molecule has 0 saturated carbocycles. The topological polar surface area (TPSA) is 99.3 Å². The number of nitrogens with one attached hydrogen (secondary N) is 2. The van der Waals surface area contributed by atoms with E-state index in [-0.39, 0.29) is 11.4 Å². The SMILES string of the molecule is Cc1ccc(-c2nc(-c3ccc(C)cc3)nc(-c3ccc(-c4nc5ccccc5c5c4C=CC(=N)C5=N)cc3)n2)cc1. The van der Waals surface area contributed by atoms with Crippen LogP contribution in [0.5, 0.6) is 0 Å². The van der Waals surface area contributed by atoms with E-state index in [4.69, 9.17) is 30.8 Å².